The van der Waals surface area contributed by atoms with E-state index < -0.39 is 0 Å². The van der Waals surface area contributed by atoms with Gasteiger partial charge in [-0.15, -0.1) is 5.10 Å². The van der Waals surface area contributed by atoms with Gasteiger partial charge in [0, 0.05) is 6.42 Å². The molecule has 0 radical (unpaired) electrons. The first-order chi connectivity index (χ1) is 7.29. The fraction of sp³-hybridized carbons (Fsp3) is 0.727. The van der Waals surface area contributed by atoms with E-state index in [4.69, 9.17) is 0 Å². The summed E-state index contributed by atoms with van der Waals surface area (Å²) in [6.45, 7) is 4.23. The van der Waals surface area contributed by atoms with E-state index in [-0.39, 0.29) is 5.78 Å². The van der Waals surface area contributed by atoms with Crippen LogP contribution in [-0.2, 0) is 6.42 Å². The molecule has 15 heavy (non-hydrogen) atoms. The smallest absolute Gasteiger partial charge is 0.176 e. The number of rotatable bonds is 7. The third kappa shape index (κ3) is 3.70. The van der Waals surface area contributed by atoms with Crippen LogP contribution in [0.2, 0.25) is 0 Å². The number of nitrogens with zero attached hydrogens (tertiary/aromatic N) is 2. The third-order valence-corrected chi connectivity index (χ3v) is 3.11. The van der Waals surface area contributed by atoms with Gasteiger partial charge in [-0.1, -0.05) is 37.6 Å². The van der Waals surface area contributed by atoms with E-state index in [1.54, 1.807) is 0 Å². The van der Waals surface area contributed by atoms with Crippen LogP contribution in [0.3, 0.4) is 0 Å². The minimum Gasteiger partial charge on any atom is -0.293 e. The normalized spacial score (nSPS) is 10.5. The molecular weight excluding hydrogens is 208 g/mol. The van der Waals surface area contributed by atoms with E-state index in [9.17, 15) is 4.79 Å². The van der Waals surface area contributed by atoms with Gasteiger partial charge in [0.15, 0.2) is 5.78 Å². The Morgan fingerprint density at radius 1 is 1.27 bits per heavy atom. The predicted octanol–water partition coefficient (Wildman–Crippen LogP) is 3.25. The summed E-state index contributed by atoms with van der Waals surface area (Å²) in [5.41, 5.74) is 0.893. The van der Waals surface area contributed by atoms with Crippen molar-refractivity contribution in [3.63, 3.8) is 0 Å². The van der Waals surface area contributed by atoms with Gasteiger partial charge in [-0.3, -0.25) is 4.79 Å². The second-order valence-corrected chi connectivity index (χ2v) is 4.43. The molecule has 0 unspecified atom stereocenters. The Labute approximate surface area is 95.1 Å². The van der Waals surface area contributed by atoms with Crippen LogP contribution >= 0.6 is 11.5 Å². The monoisotopic (exact) mass is 226 g/mol. The van der Waals surface area contributed by atoms with Crippen LogP contribution in [0.25, 0.3) is 0 Å². The van der Waals surface area contributed by atoms with Crippen molar-refractivity contribution in [2.24, 2.45) is 0 Å². The van der Waals surface area contributed by atoms with Gasteiger partial charge in [-0.2, -0.15) is 0 Å². The second kappa shape index (κ2) is 6.67. The van der Waals surface area contributed by atoms with Gasteiger partial charge >= 0.3 is 0 Å². The van der Waals surface area contributed by atoms with Gasteiger partial charge in [-0.25, -0.2) is 0 Å². The Kier molecular flexibility index (Phi) is 5.47. The molecule has 0 bridgehead atoms. The lowest BCUT2D eigenvalue weighted by Gasteiger charge is -1.98. The number of unbranched alkanes of at least 4 members (excludes halogenated alkanes) is 2. The zero-order valence-corrected chi connectivity index (χ0v) is 10.3. The van der Waals surface area contributed by atoms with Crippen molar-refractivity contribution in [3.05, 3.63) is 10.6 Å². The average molecular weight is 226 g/mol. The Bertz CT molecular complexity index is 309. The molecule has 0 aromatic carbocycles. The molecule has 0 N–H and O–H groups in total. The van der Waals surface area contributed by atoms with E-state index in [2.05, 4.69) is 23.4 Å². The van der Waals surface area contributed by atoms with Crippen molar-refractivity contribution in [1.29, 1.82) is 0 Å². The van der Waals surface area contributed by atoms with Crippen molar-refractivity contribution >= 4 is 17.3 Å². The maximum atomic E-state index is 11.8. The van der Waals surface area contributed by atoms with Crippen molar-refractivity contribution in [2.45, 2.75) is 52.4 Å². The highest BCUT2D eigenvalue weighted by molar-refractivity contribution is 7.08. The first-order valence-corrected chi connectivity index (χ1v) is 6.41. The molecule has 0 amide bonds. The van der Waals surface area contributed by atoms with Crippen LogP contribution in [0.4, 0.5) is 0 Å². The van der Waals surface area contributed by atoms with E-state index >= 15 is 0 Å². The SMILES string of the molecule is CCCCCC(=O)c1snnc1CCC. The number of Topliss-reactive ketones (excluding diaryl/α,β-unsaturated/α-hetero) is 1. The third-order valence-electron chi connectivity index (χ3n) is 2.30. The number of ketones is 1. The van der Waals surface area contributed by atoms with Crippen molar-refractivity contribution < 1.29 is 4.79 Å². The molecule has 1 rings (SSSR count). The second-order valence-electron chi connectivity index (χ2n) is 3.68. The summed E-state index contributed by atoms with van der Waals surface area (Å²) in [5.74, 6) is 0.224. The van der Waals surface area contributed by atoms with Gasteiger partial charge in [0.05, 0.1) is 5.69 Å². The first-order valence-electron chi connectivity index (χ1n) is 5.64. The van der Waals surface area contributed by atoms with Crippen molar-refractivity contribution in [1.82, 2.24) is 9.59 Å². The number of carbonyl (C=O) groups excluding carboxylic acids is 1. The standard InChI is InChI=1S/C11H18N2OS/c1-3-5-6-8-10(14)11-9(7-4-2)12-13-15-11/h3-8H2,1-2H3. The molecule has 84 valence electrons. The van der Waals surface area contributed by atoms with Gasteiger partial charge in [0.1, 0.15) is 4.88 Å². The van der Waals surface area contributed by atoms with Crippen LogP contribution in [-0.4, -0.2) is 15.4 Å². The summed E-state index contributed by atoms with van der Waals surface area (Å²) in [7, 11) is 0. The zero-order valence-electron chi connectivity index (χ0n) is 9.45. The van der Waals surface area contributed by atoms with Crippen molar-refractivity contribution in [2.75, 3.05) is 0 Å². The van der Waals surface area contributed by atoms with Gasteiger partial charge in [-0.05, 0) is 24.4 Å². The summed E-state index contributed by atoms with van der Waals surface area (Å²) in [5, 5.41) is 4.00. The summed E-state index contributed by atoms with van der Waals surface area (Å²) >= 11 is 1.24. The Balaban J connectivity index is 2.53. The van der Waals surface area contributed by atoms with Gasteiger partial charge < -0.3 is 0 Å². The molecule has 3 nitrogen and oxygen atoms in total. The molecule has 0 spiro atoms. The van der Waals surface area contributed by atoms with Crippen molar-refractivity contribution in [3.8, 4) is 0 Å². The molecule has 0 saturated carbocycles. The lowest BCUT2D eigenvalue weighted by atomic mass is 10.1. The molecule has 0 aliphatic rings. The fourth-order valence-electron chi connectivity index (χ4n) is 1.47. The molecule has 1 heterocycles. The highest BCUT2D eigenvalue weighted by Gasteiger charge is 2.14. The number of carbonyl (C=O) groups is 1. The van der Waals surface area contributed by atoms with E-state index in [0.717, 1.165) is 42.7 Å². The number of hydrogen-bond donors (Lipinski definition) is 0. The Morgan fingerprint density at radius 3 is 2.73 bits per heavy atom. The topological polar surface area (TPSA) is 42.9 Å². The fourth-order valence-corrected chi connectivity index (χ4v) is 2.14. The highest BCUT2D eigenvalue weighted by atomic mass is 32.1. The van der Waals surface area contributed by atoms with Crippen LogP contribution in [0.1, 0.15) is 61.3 Å². The minimum absolute atomic E-state index is 0.224. The quantitative estimate of drug-likeness (QED) is 0.529. The number of aryl methyl sites for hydroxylation is 1. The number of hydrogen-bond acceptors (Lipinski definition) is 4. The van der Waals surface area contributed by atoms with Crippen LogP contribution in [0.5, 0.6) is 0 Å². The van der Waals surface area contributed by atoms with Gasteiger partial charge in [0.2, 0.25) is 0 Å². The Morgan fingerprint density at radius 2 is 2.07 bits per heavy atom. The summed E-state index contributed by atoms with van der Waals surface area (Å²) in [6, 6.07) is 0. The maximum Gasteiger partial charge on any atom is 0.176 e. The molecule has 0 aliphatic heterocycles. The van der Waals surface area contributed by atoms with Crippen LogP contribution in [0.15, 0.2) is 0 Å². The molecule has 0 atom stereocenters. The van der Waals surface area contributed by atoms with E-state index in [1.165, 1.54) is 11.5 Å². The minimum atomic E-state index is 0.224. The van der Waals surface area contributed by atoms with E-state index in [0.29, 0.717) is 6.42 Å². The zero-order chi connectivity index (χ0) is 11.1. The van der Waals surface area contributed by atoms with Crippen LogP contribution < -0.4 is 0 Å². The molecule has 1 aromatic rings. The highest BCUT2D eigenvalue weighted by Crippen LogP contribution is 2.16. The lowest BCUT2D eigenvalue weighted by molar-refractivity contribution is 0.0982. The maximum absolute atomic E-state index is 11.8. The van der Waals surface area contributed by atoms with E-state index in [1.807, 2.05) is 0 Å². The van der Waals surface area contributed by atoms with Crippen LogP contribution in [0, 0.1) is 0 Å². The molecule has 4 heteroatoms. The van der Waals surface area contributed by atoms with Gasteiger partial charge in [0.25, 0.3) is 0 Å². The number of aromatic nitrogens is 2. The summed E-state index contributed by atoms with van der Waals surface area (Å²) in [6.07, 6.45) is 5.79. The summed E-state index contributed by atoms with van der Waals surface area (Å²) in [4.78, 5) is 12.6. The molecule has 0 saturated heterocycles. The average Bonchev–Trinajstić information content (AvgIpc) is 2.67. The largest absolute Gasteiger partial charge is 0.293 e. The summed E-state index contributed by atoms with van der Waals surface area (Å²) < 4.78 is 3.86. The first kappa shape index (κ1) is 12.3. The predicted molar refractivity (Wildman–Crippen MR) is 62.4 cm³/mol. The molecular formula is C11H18N2OS. The molecule has 1 aromatic heterocycles. The lowest BCUT2D eigenvalue weighted by Crippen LogP contribution is -2.00. The molecule has 0 fully saturated rings. The molecule has 0 aliphatic carbocycles. The Hall–Kier alpha value is -0.770.